The minimum atomic E-state index is -0.749. The van der Waals surface area contributed by atoms with E-state index in [1.54, 1.807) is 55.5 Å². The minimum Gasteiger partial charge on any atom is -0.491 e. The predicted molar refractivity (Wildman–Crippen MR) is 114 cm³/mol. The maximum atomic E-state index is 12.5. The summed E-state index contributed by atoms with van der Waals surface area (Å²) in [6.45, 7) is 1.76. The number of hydrogen-bond acceptors (Lipinski definition) is 6. The largest absolute Gasteiger partial charge is 0.491 e. The number of benzene rings is 2. The van der Waals surface area contributed by atoms with Gasteiger partial charge in [-0.1, -0.05) is 41.1 Å². The summed E-state index contributed by atoms with van der Waals surface area (Å²) < 4.78 is 11.9. The van der Waals surface area contributed by atoms with Gasteiger partial charge in [-0.15, -0.1) is 0 Å². The van der Waals surface area contributed by atoms with Crippen LogP contribution in [0.25, 0.3) is 0 Å². The first-order valence-electron chi connectivity index (χ1n) is 9.12. The van der Waals surface area contributed by atoms with E-state index in [9.17, 15) is 9.59 Å². The zero-order chi connectivity index (χ0) is 21.9. The number of ether oxygens (including phenoxy) is 2. The molecule has 0 saturated heterocycles. The zero-order valence-electron chi connectivity index (χ0n) is 16.2. The quantitative estimate of drug-likeness (QED) is 0.247. The molecule has 2 aromatic rings. The molecule has 0 aliphatic heterocycles. The molecule has 2 amide bonds. The highest BCUT2D eigenvalue weighted by atomic mass is 79.9. The molecule has 0 spiro atoms. The molecule has 0 radical (unpaired) electrons. The van der Waals surface area contributed by atoms with Crippen molar-refractivity contribution in [2.24, 2.45) is 5.92 Å². The zero-order valence-corrected chi connectivity index (χ0v) is 17.8. The van der Waals surface area contributed by atoms with Gasteiger partial charge in [-0.2, -0.15) is 0 Å². The summed E-state index contributed by atoms with van der Waals surface area (Å²) in [6.07, 6.45) is 1.25. The number of carbonyl (C=O) groups excluding carboxylic acids is 2. The first kappa shape index (κ1) is 23.4. The number of hydroxylamine groups is 1. The van der Waals surface area contributed by atoms with Gasteiger partial charge in [0.05, 0.1) is 6.61 Å². The summed E-state index contributed by atoms with van der Waals surface area (Å²) in [5.74, 6) is -0.598. The number of rotatable bonds is 9. The lowest BCUT2D eigenvalue weighted by Crippen LogP contribution is -2.22. The Bertz CT molecular complexity index is 872. The molecule has 0 aliphatic rings. The summed E-state index contributed by atoms with van der Waals surface area (Å²) >= 11 is 3.33. The Morgan fingerprint density at radius 3 is 2.60 bits per heavy atom. The number of aliphatic hydroxyl groups is 1. The fraction of sp³-hybridized carbons (Fsp3) is 0.238. The normalized spacial score (nSPS) is 12.8. The molecule has 0 bridgehead atoms. The average molecular weight is 479 g/mol. The van der Waals surface area contributed by atoms with E-state index in [0.717, 1.165) is 10.5 Å². The van der Waals surface area contributed by atoms with Gasteiger partial charge in [0, 0.05) is 22.2 Å². The second kappa shape index (κ2) is 12.0. The van der Waals surface area contributed by atoms with E-state index in [4.69, 9.17) is 19.8 Å². The van der Waals surface area contributed by atoms with Crippen molar-refractivity contribution in [3.8, 4) is 5.75 Å². The summed E-state index contributed by atoms with van der Waals surface area (Å²) in [5, 5.41) is 20.3. The van der Waals surface area contributed by atoms with Crippen LogP contribution in [0.5, 0.6) is 5.75 Å². The minimum absolute atomic E-state index is 0.130. The van der Waals surface area contributed by atoms with Gasteiger partial charge >= 0.3 is 6.09 Å². The van der Waals surface area contributed by atoms with E-state index in [1.165, 1.54) is 11.6 Å². The third-order valence-electron chi connectivity index (χ3n) is 4.01. The topological polar surface area (TPSA) is 117 Å². The molecule has 2 aromatic carbocycles. The summed E-state index contributed by atoms with van der Waals surface area (Å²) in [5.41, 5.74) is 2.71. The molecule has 0 fully saturated rings. The number of halogens is 1. The van der Waals surface area contributed by atoms with Crippen LogP contribution in [0.15, 0.2) is 65.2 Å². The Hall–Kier alpha value is -2.88. The molecule has 30 heavy (non-hydrogen) atoms. The van der Waals surface area contributed by atoms with Crippen molar-refractivity contribution in [2.75, 3.05) is 18.5 Å². The Morgan fingerprint density at radius 1 is 1.20 bits per heavy atom. The van der Waals surface area contributed by atoms with Gasteiger partial charge in [0.2, 0.25) is 0 Å². The Morgan fingerprint density at radius 2 is 1.93 bits per heavy atom. The molecule has 2 rings (SSSR count). The molecule has 8 nitrogen and oxygen atoms in total. The maximum Gasteiger partial charge on any atom is 0.412 e. The van der Waals surface area contributed by atoms with E-state index in [1.807, 2.05) is 0 Å². The molecule has 9 heteroatoms. The molecular weight excluding hydrogens is 456 g/mol. The Balaban J connectivity index is 2.21. The second-order valence-corrected chi connectivity index (χ2v) is 7.21. The number of carbonyl (C=O) groups is 2. The fourth-order valence-electron chi connectivity index (χ4n) is 2.60. The lowest BCUT2D eigenvalue weighted by atomic mass is 9.96. The van der Waals surface area contributed by atoms with Crippen molar-refractivity contribution in [3.05, 3.63) is 70.7 Å². The highest BCUT2D eigenvalue weighted by Crippen LogP contribution is 2.30. The molecule has 0 aromatic heterocycles. The monoisotopic (exact) mass is 478 g/mol. The van der Waals surface area contributed by atoms with E-state index in [-0.39, 0.29) is 13.2 Å². The van der Waals surface area contributed by atoms with Gasteiger partial charge < -0.3 is 14.6 Å². The van der Waals surface area contributed by atoms with Crippen LogP contribution >= 0.6 is 15.9 Å². The number of hydrogen-bond donors (Lipinski definition) is 4. The second-order valence-electron chi connectivity index (χ2n) is 6.30. The molecule has 160 valence electrons. The number of aliphatic hydroxyl groups excluding tert-OH is 1. The highest BCUT2D eigenvalue weighted by Gasteiger charge is 2.23. The van der Waals surface area contributed by atoms with Crippen molar-refractivity contribution >= 4 is 33.6 Å². The summed E-state index contributed by atoms with van der Waals surface area (Å²) in [6, 6.07) is 13.9. The summed E-state index contributed by atoms with van der Waals surface area (Å²) in [7, 11) is 0. The standard InChI is InChI=1S/C21H23BrN2O6/c1-14(5-10-19(26)24-28)20(15-3-2-4-18(13-15)29-12-11-25)30-21(27)23-17-8-6-16(22)7-9-17/h2-10,13-14,20,25,28H,11-12H2,1H3,(H,23,27)(H,24,26)/b10-5+/t14-,20-/m0/s1. The number of amides is 2. The summed E-state index contributed by atoms with van der Waals surface area (Å²) in [4.78, 5) is 23.8. The lowest BCUT2D eigenvalue weighted by molar-refractivity contribution is -0.124. The third-order valence-corrected chi connectivity index (χ3v) is 4.54. The first-order chi connectivity index (χ1) is 14.4. The number of nitrogens with one attached hydrogen (secondary N) is 2. The third kappa shape index (κ3) is 7.51. The van der Waals surface area contributed by atoms with Crippen LogP contribution in [0, 0.1) is 5.92 Å². The van der Waals surface area contributed by atoms with Crippen molar-refractivity contribution in [3.63, 3.8) is 0 Å². The highest BCUT2D eigenvalue weighted by molar-refractivity contribution is 9.10. The van der Waals surface area contributed by atoms with Crippen LogP contribution in [0.1, 0.15) is 18.6 Å². The molecule has 0 heterocycles. The van der Waals surface area contributed by atoms with E-state index in [0.29, 0.717) is 17.0 Å². The van der Waals surface area contributed by atoms with Crippen LogP contribution in [0.2, 0.25) is 0 Å². The molecule has 4 N–H and O–H groups in total. The smallest absolute Gasteiger partial charge is 0.412 e. The van der Waals surface area contributed by atoms with Crippen LogP contribution in [0.3, 0.4) is 0 Å². The molecule has 0 unspecified atom stereocenters. The van der Waals surface area contributed by atoms with Crippen molar-refractivity contribution in [1.29, 1.82) is 0 Å². The van der Waals surface area contributed by atoms with Crippen LogP contribution in [0.4, 0.5) is 10.5 Å². The average Bonchev–Trinajstić information content (AvgIpc) is 2.75. The SMILES string of the molecule is C[C@@H](/C=C/C(=O)NO)[C@H](OC(=O)Nc1ccc(Br)cc1)c1cccc(OCCO)c1. The van der Waals surface area contributed by atoms with Gasteiger partial charge in [0.15, 0.2) is 0 Å². The predicted octanol–water partition coefficient (Wildman–Crippen LogP) is 3.81. The van der Waals surface area contributed by atoms with Crippen molar-refractivity contribution < 1.29 is 29.4 Å². The van der Waals surface area contributed by atoms with E-state index >= 15 is 0 Å². The fourth-order valence-corrected chi connectivity index (χ4v) is 2.86. The van der Waals surface area contributed by atoms with Crippen LogP contribution in [-0.4, -0.2) is 35.5 Å². The van der Waals surface area contributed by atoms with Gasteiger partial charge in [0.25, 0.3) is 5.91 Å². The molecule has 0 aliphatic carbocycles. The lowest BCUT2D eigenvalue weighted by Gasteiger charge is -2.23. The van der Waals surface area contributed by atoms with Crippen LogP contribution in [-0.2, 0) is 9.53 Å². The van der Waals surface area contributed by atoms with Crippen molar-refractivity contribution in [1.82, 2.24) is 5.48 Å². The van der Waals surface area contributed by atoms with Gasteiger partial charge in [0.1, 0.15) is 18.5 Å². The number of anilines is 1. The molecule has 2 atom stereocenters. The van der Waals surface area contributed by atoms with Crippen LogP contribution < -0.4 is 15.5 Å². The van der Waals surface area contributed by atoms with E-state index in [2.05, 4.69) is 21.2 Å². The molecule has 0 saturated carbocycles. The maximum absolute atomic E-state index is 12.5. The van der Waals surface area contributed by atoms with Gasteiger partial charge in [-0.25, -0.2) is 10.3 Å². The van der Waals surface area contributed by atoms with E-state index < -0.39 is 24.0 Å². The molecular formula is C21H23BrN2O6. The van der Waals surface area contributed by atoms with Gasteiger partial charge in [-0.3, -0.25) is 15.3 Å². The first-order valence-corrected chi connectivity index (χ1v) is 9.91. The Labute approximate surface area is 182 Å². The Kier molecular flexibility index (Phi) is 9.33. The van der Waals surface area contributed by atoms with Gasteiger partial charge in [-0.05, 0) is 42.0 Å². The van der Waals surface area contributed by atoms with Crippen molar-refractivity contribution in [2.45, 2.75) is 13.0 Å².